The summed E-state index contributed by atoms with van der Waals surface area (Å²) in [6.45, 7) is 2.18. The molecule has 0 aromatic carbocycles. The molecule has 1 amide bonds. The van der Waals surface area contributed by atoms with Gasteiger partial charge in [-0.25, -0.2) is 4.79 Å². The van der Waals surface area contributed by atoms with Crippen molar-refractivity contribution in [2.75, 3.05) is 13.2 Å². The number of nitrogens with two attached hydrogens (primary N) is 1. The summed E-state index contributed by atoms with van der Waals surface area (Å²) in [7, 11) is 0. The normalized spacial score (nSPS) is 15.8. The number of hydrogen-bond acceptors (Lipinski definition) is 5. The van der Waals surface area contributed by atoms with Crippen molar-refractivity contribution in [1.29, 1.82) is 5.26 Å². The molecule has 0 heterocycles. The number of nitrogens with zero attached hydrogens (tertiary/aromatic N) is 2. The molecule has 1 atom stereocenters. The molecule has 0 aliphatic heterocycles. The number of carbonyl (C=O) groups excluding carboxylic acids is 2. The lowest BCUT2D eigenvalue weighted by molar-refractivity contribution is -0.151. The summed E-state index contributed by atoms with van der Waals surface area (Å²) in [5, 5.41) is 8.52. The smallest absolute Gasteiger partial charge is 0.332 e. The Kier molecular flexibility index (Phi) is 4.91. The molecule has 1 rings (SSSR count). The molecule has 0 radical (unpaired) electrons. The molecule has 0 bridgehead atoms. The Bertz CT molecular complexity index is 333. The molecule has 1 aliphatic rings. The van der Waals surface area contributed by atoms with E-state index in [-0.39, 0.29) is 19.1 Å². The zero-order valence-electron chi connectivity index (χ0n) is 9.89. The van der Waals surface area contributed by atoms with E-state index in [0.29, 0.717) is 6.54 Å². The lowest BCUT2D eigenvalue weighted by atomic mass is 10.2. The van der Waals surface area contributed by atoms with Gasteiger partial charge in [-0.3, -0.25) is 4.79 Å². The first-order chi connectivity index (χ1) is 8.11. The highest BCUT2D eigenvalue weighted by Gasteiger charge is 2.37. The molecule has 6 nitrogen and oxygen atoms in total. The van der Waals surface area contributed by atoms with Crippen molar-refractivity contribution >= 4 is 11.9 Å². The topological polar surface area (TPSA) is 96.4 Å². The van der Waals surface area contributed by atoms with Crippen LogP contribution in [-0.2, 0) is 14.3 Å². The van der Waals surface area contributed by atoms with Gasteiger partial charge in [-0.05, 0) is 19.8 Å². The molecule has 1 aliphatic carbocycles. The van der Waals surface area contributed by atoms with Gasteiger partial charge in [0.25, 0.3) is 5.91 Å². The summed E-state index contributed by atoms with van der Waals surface area (Å²) >= 11 is 0. The summed E-state index contributed by atoms with van der Waals surface area (Å²) in [6.07, 6.45) is 2.07. The van der Waals surface area contributed by atoms with E-state index in [2.05, 4.69) is 0 Å². The largest absolute Gasteiger partial charge is 0.464 e. The van der Waals surface area contributed by atoms with E-state index >= 15 is 0 Å². The van der Waals surface area contributed by atoms with Crippen LogP contribution in [0.2, 0.25) is 0 Å². The minimum absolute atomic E-state index is 0.135. The maximum absolute atomic E-state index is 11.9. The zero-order valence-corrected chi connectivity index (χ0v) is 9.89. The molecule has 0 aromatic rings. The minimum atomic E-state index is -1.27. The molecule has 0 spiro atoms. The number of amides is 1. The van der Waals surface area contributed by atoms with E-state index in [9.17, 15) is 9.59 Å². The van der Waals surface area contributed by atoms with Gasteiger partial charge >= 0.3 is 5.97 Å². The van der Waals surface area contributed by atoms with Crippen LogP contribution in [0, 0.1) is 11.3 Å². The second kappa shape index (κ2) is 6.21. The molecular weight excluding hydrogens is 222 g/mol. The quantitative estimate of drug-likeness (QED) is 0.510. The lowest BCUT2D eigenvalue weighted by Crippen LogP contribution is -2.50. The Hall–Kier alpha value is -1.61. The van der Waals surface area contributed by atoms with Crippen LogP contribution in [-0.4, -0.2) is 42.0 Å². The van der Waals surface area contributed by atoms with Crippen LogP contribution in [0.5, 0.6) is 0 Å². The van der Waals surface area contributed by atoms with Gasteiger partial charge in [0.05, 0.1) is 19.1 Å². The number of rotatable bonds is 6. The Morgan fingerprint density at radius 3 is 2.71 bits per heavy atom. The van der Waals surface area contributed by atoms with Gasteiger partial charge in [-0.1, -0.05) is 0 Å². The highest BCUT2D eigenvalue weighted by Crippen LogP contribution is 2.27. The minimum Gasteiger partial charge on any atom is -0.464 e. The van der Waals surface area contributed by atoms with Gasteiger partial charge in [0.2, 0.25) is 0 Å². The molecule has 2 N–H and O–H groups in total. The van der Waals surface area contributed by atoms with E-state index in [1.165, 1.54) is 4.90 Å². The number of ether oxygens (including phenoxy) is 1. The van der Waals surface area contributed by atoms with Crippen LogP contribution in [0.1, 0.15) is 26.2 Å². The monoisotopic (exact) mass is 239 g/mol. The van der Waals surface area contributed by atoms with Gasteiger partial charge in [0.1, 0.15) is 0 Å². The van der Waals surface area contributed by atoms with Crippen LogP contribution in [0.25, 0.3) is 0 Å². The van der Waals surface area contributed by atoms with Crippen LogP contribution in [0.15, 0.2) is 0 Å². The third-order valence-corrected chi connectivity index (χ3v) is 2.54. The SMILES string of the molecule is CCOC(=O)C(N)C(=O)N(CCC#N)C1CC1. The predicted molar refractivity (Wildman–Crippen MR) is 59.6 cm³/mol. The molecule has 17 heavy (non-hydrogen) atoms. The molecule has 94 valence electrons. The third-order valence-electron chi connectivity index (χ3n) is 2.54. The molecule has 1 fully saturated rings. The van der Waals surface area contributed by atoms with Crippen molar-refractivity contribution in [1.82, 2.24) is 4.90 Å². The molecule has 6 heteroatoms. The van der Waals surface area contributed by atoms with Crippen LogP contribution in [0.3, 0.4) is 0 Å². The van der Waals surface area contributed by atoms with Crippen molar-refractivity contribution in [3.05, 3.63) is 0 Å². The number of nitriles is 1. The highest BCUT2D eigenvalue weighted by atomic mass is 16.5. The van der Waals surface area contributed by atoms with E-state index in [4.69, 9.17) is 15.7 Å². The van der Waals surface area contributed by atoms with E-state index in [1.54, 1.807) is 6.92 Å². The summed E-state index contributed by atoms with van der Waals surface area (Å²) in [5.74, 6) is -1.15. The molecule has 0 saturated heterocycles. The van der Waals surface area contributed by atoms with Crippen LogP contribution < -0.4 is 5.73 Å². The summed E-state index contributed by atoms with van der Waals surface area (Å²) in [5.41, 5.74) is 5.54. The first kappa shape index (κ1) is 13.5. The maximum atomic E-state index is 11.9. The fourth-order valence-corrected chi connectivity index (χ4v) is 1.54. The summed E-state index contributed by atoms with van der Waals surface area (Å²) < 4.78 is 4.70. The Morgan fingerprint density at radius 2 is 2.24 bits per heavy atom. The van der Waals surface area contributed by atoms with Crippen molar-refractivity contribution in [2.24, 2.45) is 5.73 Å². The number of carbonyl (C=O) groups is 2. The summed E-state index contributed by atoms with van der Waals surface area (Å²) in [4.78, 5) is 24.8. The van der Waals surface area contributed by atoms with Crippen LogP contribution >= 0.6 is 0 Å². The van der Waals surface area contributed by atoms with Crippen molar-refractivity contribution in [3.63, 3.8) is 0 Å². The molecule has 1 unspecified atom stereocenters. The lowest BCUT2D eigenvalue weighted by Gasteiger charge is -2.23. The Balaban J connectivity index is 2.57. The van der Waals surface area contributed by atoms with Gasteiger partial charge in [0, 0.05) is 12.6 Å². The first-order valence-corrected chi connectivity index (χ1v) is 5.71. The van der Waals surface area contributed by atoms with Gasteiger partial charge < -0.3 is 15.4 Å². The summed E-state index contributed by atoms with van der Waals surface area (Å²) in [6, 6.07) is 0.844. The van der Waals surface area contributed by atoms with Crippen molar-refractivity contribution in [3.8, 4) is 6.07 Å². The zero-order chi connectivity index (χ0) is 12.8. The fraction of sp³-hybridized carbons (Fsp3) is 0.727. The van der Waals surface area contributed by atoms with E-state index in [1.807, 2.05) is 6.07 Å². The molecule has 1 saturated carbocycles. The van der Waals surface area contributed by atoms with Gasteiger partial charge in [-0.15, -0.1) is 0 Å². The average molecular weight is 239 g/mol. The van der Waals surface area contributed by atoms with E-state index in [0.717, 1.165) is 12.8 Å². The Morgan fingerprint density at radius 1 is 1.59 bits per heavy atom. The highest BCUT2D eigenvalue weighted by molar-refractivity contribution is 6.01. The standard InChI is InChI=1S/C11H17N3O3/c1-2-17-11(16)9(13)10(15)14(7-3-6-12)8-4-5-8/h8-9H,2-5,7,13H2,1H3. The Labute approximate surface area is 100 Å². The van der Waals surface area contributed by atoms with Crippen molar-refractivity contribution in [2.45, 2.75) is 38.3 Å². The molecule has 0 aromatic heterocycles. The third kappa shape index (κ3) is 3.71. The molecular formula is C11H17N3O3. The van der Waals surface area contributed by atoms with Gasteiger partial charge in [0.15, 0.2) is 6.04 Å². The van der Waals surface area contributed by atoms with Crippen LogP contribution in [0.4, 0.5) is 0 Å². The second-order valence-electron chi connectivity index (χ2n) is 3.90. The van der Waals surface area contributed by atoms with Crippen molar-refractivity contribution < 1.29 is 14.3 Å². The average Bonchev–Trinajstić information content (AvgIpc) is 3.13. The second-order valence-corrected chi connectivity index (χ2v) is 3.90. The predicted octanol–water partition coefficient (Wildman–Crippen LogP) is -0.219. The fourth-order valence-electron chi connectivity index (χ4n) is 1.54. The van der Waals surface area contributed by atoms with E-state index < -0.39 is 17.9 Å². The van der Waals surface area contributed by atoms with Gasteiger partial charge in [-0.2, -0.15) is 5.26 Å². The number of hydrogen-bond donors (Lipinski definition) is 1. The number of esters is 1. The first-order valence-electron chi connectivity index (χ1n) is 5.71. The maximum Gasteiger partial charge on any atom is 0.332 e.